The van der Waals surface area contributed by atoms with Crippen LogP contribution in [0.25, 0.3) is 0 Å². The maximum Gasteiger partial charge on any atom is 0.346 e. The number of aromatic nitrogens is 2. The first kappa shape index (κ1) is 15.7. The van der Waals surface area contributed by atoms with Gasteiger partial charge < -0.3 is 5.11 Å². The summed E-state index contributed by atoms with van der Waals surface area (Å²) in [5.41, 5.74) is 2.27. The summed E-state index contributed by atoms with van der Waals surface area (Å²) in [6.45, 7) is -0.176. The summed E-state index contributed by atoms with van der Waals surface area (Å²) >= 11 is 1.35. The lowest BCUT2D eigenvalue weighted by atomic mass is 10.2. The van der Waals surface area contributed by atoms with Gasteiger partial charge in [0.1, 0.15) is 11.5 Å². The Morgan fingerprint density at radius 3 is 2.74 bits per heavy atom. The van der Waals surface area contributed by atoms with E-state index in [1.54, 1.807) is 16.7 Å². The van der Waals surface area contributed by atoms with Gasteiger partial charge in [-0.1, -0.05) is 12.1 Å². The molecule has 3 rings (SSSR count). The molecule has 1 aromatic carbocycles. The number of nitrogens with one attached hydrogen (secondary N) is 1. The maximum absolute atomic E-state index is 12.9. The van der Waals surface area contributed by atoms with Crippen LogP contribution in [0, 0.1) is 5.82 Å². The molecule has 2 N–H and O–H groups in total. The first-order chi connectivity index (χ1) is 11.0. The Kier molecular flexibility index (Phi) is 4.47. The van der Waals surface area contributed by atoms with Gasteiger partial charge in [-0.15, -0.1) is 0 Å². The smallest absolute Gasteiger partial charge is 0.346 e. The monoisotopic (exact) mass is 335 g/mol. The summed E-state index contributed by atoms with van der Waals surface area (Å²) in [4.78, 5) is 26.1. The summed E-state index contributed by atoms with van der Waals surface area (Å²) in [5.74, 6) is -0.723. The molecule has 1 aliphatic carbocycles. The quantitative estimate of drug-likeness (QED) is 0.495. The van der Waals surface area contributed by atoms with Crippen LogP contribution >= 0.6 is 11.8 Å². The van der Waals surface area contributed by atoms with Crippen molar-refractivity contribution >= 4 is 17.7 Å². The van der Waals surface area contributed by atoms with Gasteiger partial charge in [-0.3, -0.25) is 0 Å². The number of nitrogens with zero attached hydrogens (tertiary/aromatic N) is 1. The second-order valence-electron chi connectivity index (χ2n) is 5.43. The van der Waals surface area contributed by atoms with Crippen molar-refractivity contribution in [3.63, 3.8) is 0 Å². The van der Waals surface area contributed by atoms with E-state index in [2.05, 4.69) is 4.98 Å². The molecule has 0 amide bonds. The largest absolute Gasteiger partial charge is 0.478 e. The van der Waals surface area contributed by atoms with Crippen molar-refractivity contribution in [2.24, 2.45) is 0 Å². The minimum Gasteiger partial charge on any atom is -0.478 e. The van der Waals surface area contributed by atoms with Crippen LogP contribution in [0.4, 0.5) is 4.39 Å². The fraction of sp³-hybridized carbons (Fsp3) is 0.312. The van der Waals surface area contributed by atoms with Crippen LogP contribution in [-0.2, 0) is 29.9 Å². The topological polar surface area (TPSA) is 74.0 Å². The summed E-state index contributed by atoms with van der Waals surface area (Å²) in [6.07, 6.45) is 2.27. The minimum absolute atomic E-state index is 0.138. The third-order valence-corrected chi connectivity index (χ3v) is 4.91. The average Bonchev–Trinajstić information content (AvgIpc) is 3.00. The summed E-state index contributed by atoms with van der Waals surface area (Å²) in [6, 6.07) is 6.12. The van der Waals surface area contributed by atoms with Gasteiger partial charge in [-0.25, -0.2) is 23.5 Å². The molecule has 0 atom stereocenters. The molecule has 5 nitrogen and oxygen atoms in total. The Bertz CT molecular complexity index is 802. The average molecular weight is 335 g/mol. The molecule has 0 aliphatic heterocycles. The Hall–Kier alpha value is -2.15. The van der Waals surface area contributed by atoms with Crippen LogP contribution in [-0.4, -0.2) is 16.1 Å². The lowest BCUT2D eigenvalue weighted by Crippen LogP contribution is -2.47. The zero-order chi connectivity index (χ0) is 16.4. The van der Waals surface area contributed by atoms with Crippen molar-refractivity contribution in [3.05, 3.63) is 57.3 Å². The molecule has 0 radical (unpaired) electrons. The lowest BCUT2D eigenvalue weighted by molar-refractivity contribution is -0.733. The number of halogens is 1. The van der Waals surface area contributed by atoms with Crippen molar-refractivity contribution in [2.75, 3.05) is 0 Å². The molecule has 120 valence electrons. The van der Waals surface area contributed by atoms with Crippen molar-refractivity contribution in [3.8, 4) is 0 Å². The van der Waals surface area contributed by atoms with Crippen LogP contribution in [0.5, 0.6) is 0 Å². The second-order valence-corrected chi connectivity index (χ2v) is 6.40. The molecule has 7 heteroatoms. The zero-order valence-electron chi connectivity index (χ0n) is 12.3. The van der Waals surface area contributed by atoms with Crippen LogP contribution in [0.1, 0.15) is 23.2 Å². The maximum atomic E-state index is 12.9. The summed E-state index contributed by atoms with van der Waals surface area (Å²) in [7, 11) is 0. The Labute approximate surface area is 136 Å². The first-order valence-electron chi connectivity index (χ1n) is 7.31. The van der Waals surface area contributed by atoms with E-state index in [0.29, 0.717) is 22.9 Å². The number of thioether (sulfide) groups is 1. The van der Waals surface area contributed by atoms with Crippen LogP contribution in [0.15, 0.2) is 34.2 Å². The Morgan fingerprint density at radius 1 is 1.30 bits per heavy atom. The molecule has 1 aliphatic rings. The van der Waals surface area contributed by atoms with Gasteiger partial charge in [0.15, 0.2) is 6.54 Å². The molecular formula is C16H16FN2O3S+. The van der Waals surface area contributed by atoms with Crippen molar-refractivity contribution in [1.82, 2.24) is 4.98 Å². The van der Waals surface area contributed by atoms with Gasteiger partial charge in [0.2, 0.25) is 0 Å². The molecule has 2 aromatic rings. The van der Waals surface area contributed by atoms with E-state index in [1.807, 2.05) is 0 Å². The van der Waals surface area contributed by atoms with Gasteiger partial charge in [0.25, 0.3) is 0 Å². The number of carbonyl (C=O) groups is 1. The second kappa shape index (κ2) is 6.54. The highest BCUT2D eigenvalue weighted by Crippen LogP contribution is 2.21. The number of aliphatic carboxylic acids is 1. The fourth-order valence-electron chi connectivity index (χ4n) is 2.78. The van der Waals surface area contributed by atoms with Crippen molar-refractivity contribution in [1.29, 1.82) is 0 Å². The van der Waals surface area contributed by atoms with E-state index in [-0.39, 0.29) is 17.9 Å². The number of benzene rings is 1. The SMILES string of the molecule is O=C(O)C[n+]1c(SCc2ccc(F)cc2)[nH]c(=O)c2c1CCC2. The molecule has 1 heterocycles. The summed E-state index contributed by atoms with van der Waals surface area (Å²) < 4.78 is 14.6. The number of aromatic amines is 1. The zero-order valence-corrected chi connectivity index (χ0v) is 13.2. The molecular weight excluding hydrogens is 319 g/mol. The number of carboxylic acid groups (broad SMARTS) is 1. The van der Waals surface area contributed by atoms with E-state index in [9.17, 15) is 14.0 Å². The van der Waals surface area contributed by atoms with Crippen molar-refractivity contribution in [2.45, 2.75) is 36.7 Å². The molecule has 1 aromatic heterocycles. The van der Waals surface area contributed by atoms with Crippen LogP contribution in [0.2, 0.25) is 0 Å². The van der Waals surface area contributed by atoms with E-state index in [0.717, 1.165) is 24.1 Å². The van der Waals surface area contributed by atoms with Crippen LogP contribution in [0.3, 0.4) is 0 Å². The number of hydrogen-bond acceptors (Lipinski definition) is 3. The molecule has 23 heavy (non-hydrogen) atoms. The highest BCUT2D eigenvalue weighted by Gasteiger charge is 2.28. The highest BCUT2D eigenvalue weighted by molar-refractivity contribution is 7.98. The number of carboxylic acids is 1. The van der Waals surface area contributed by atoms with Gasteiger partial charge in [0.05, 0.1) is 5.56 Å². The number of H-pyrrole nitrogens is 1. The van der Waals surface area contributed by atoms with Gasteiger partial charge in [0, 0.05) is 12.2 Å². The van der Waals surface area contributed by atoms with Gasteiger partial charge in [-0.05, 0) is 42.3 Å². The van der Waals surface area contributed by atoms with Crippen molar-refractivity contribution < 1.29 is 18.9 Å². The molecule has 0 unspecified atom stereocenters. The number of hydrogen-bond donors (Lipinski definition) is 2. The predicted molar refractivity (Wildman–Crippen MR) is 82.9 cm³/mol. The fourth-order valence-corrected chi connectivity index (χ4v) is 3.77. The van der Waals surface area contributed by atoms with E-state index < -0.39 is 5.97 Å². The Balaban J connectivity index is 1.91. The third kappa shape index (κ3) is 3.44. The van der Waals surface area contributed by atoms with E-state index in [1.165, 1.54) is 23.9 Å². The van der Waals surface area contributed by atoms with E-state index >= 15 is 0 Å². The molecule has 0 saturated carbocycles. The van der Waals surface area contributed by atoms with Crippen LogP contribution < -0.4 is 10.1 Å². The minimum atomic E-state index is -0.945. The predicted octanol–water partition coefficient (Wildman–Crippen LogP) is 1.67. The standard InChI is InChI=1S/C16H15FN2O3S/c17-11-6-4-10(5-7-11)9-23-16-18-15(22)12-2-1-3-13(12)19(16)8-14(20)21/h4-7H,1-3,8-9H2,(H,20,21)/p+1. The summed E-state index contributed by atoms with van der Waals surface area (Å²) in [5, 5.41) is 9.67. The number of fused-ring (bicyclic) bond motifs is 1. The lowest BCUT2D eigenvalue weighted by Gasteiger charge is -2.08. The number of rotatable bonds is 5. The first-order valence-corrected chi connectivity index (χ1v) is 8.30. The highest BCUT2D eigenvalue weighted by atomic mass is 32.2. The molecule has 0 saturated heterocycles. The van der Waals surface area contributed by atoms with Gasteiger partial charge >= 0.3 is 16.7 Å². The normalized spacial score (nSPS) is 13.1. The van der Waals surface area contributed by atoms with E-state index in [4.69, 9.17) is 5.11 Å². The molecule has 0 bridgehead atoms. The third-order valence-electron chi connectivity index (χ3n) is 3.84. The molecule has 0 fully saturated rings. The molecule has 0 spiro atoms. The van der Waals surface area contributed by atoms with Gasteiger partial charge in [-0.2, -0.15) is 0 Å². The Morgan fingerprint density at radius 2 is 2.04 bits per heavy atom.